The number of nitrogens with two attached hydrogens (primary N) is 5. The molecule has 0 aliphatic rings. The summed E-state index contributed by atoms with van der Waals surface area (Å²) in [7, 11) is 0. The zero-order valence-corrected chi connectivity index (χ0v) is 20.8. The molecule has 11 nitrogen and oxygen atoms in total. The van der Waals surface area contributed by atoms with Crippen LogP contribution in [0, 0.1) is 0 Å². The Morgan fingerprint density at radius 2 is 0.697 bits per heavy atom. The first-order chi connectivity index (χ1) is 16.1. The van der Waals surface area contributed by atoms with Gasteiger partial charge in [0.15, 0.2) is 0 Å². The van der Waals surface area contributed by atoms with Crippen molar-refractivity contribution in [3.63, 3.8) is 0 Å². The molecule has 33 heavy (non-hydrogen) atoms. The van der Waals surface area contributed by atoms with Gasteiger partial charge in [0.2, 0.25) is 17.8 Å². The second-order valence-corrected chi connectivity index (χ2v) is 8.26. The van der Waals surface area contributed by atoms with Crippen molar-refractivity contribution in [1.29, 1.82) is 0 Å². The van der Waals surface area contributed by atoms with Crippen molar-refractivity contribution in [3.05, 3.63) is 0 Å². The maximum atomic E-state index is 5.82. The summed E-state index contributed by atoms with van der Waals surface area (Å²) in [5, 5.41) is 0. The van der Waals surface area contributed by atoms with E-state index >= 15 is 0 Å². The molecule has 0 amide bonds. The van der Waals surface area contributed by atoms with Gasteiger partial charge in [0.25, 0.3) is 0 Å². The zero-order chi connectivity index (χ0) is 24.3. The maximum Gasteiger partial charge on any atom is 0.231 e. The highest BCUT2D eigenvalue weighted by Crippen LogP contribution is 2.21. The lowest BCUT2D eigenvalue weighted by Crippen LogP contribution is -2.36. The molecular formula is C22H49N11. The van der Waals surface area contributed by atoms with Gasteiger partial charge < -0.3 is 43.4 Å². The summed E-state index contributed by atoms with van der Waals surface area (Å²) in [6.45, 7) is 10.1. The Balaban J connectivity index is 3.43. The first kappa shape index (κ1) is 29.2. The van der Waals surface area contributed by atoms with E-state index in [2.05, 4.69) is 21.6 Å². The van der Waals surface area contributed by atoms with Gasteiger partial charge in [-0.05, 0) is 71.2 Å². The fourth-order valence-electron chi connectivity index (χ4n) is 3.46. The van der Waals surface area contributed by atoms with Crippen molar-refractivity contribution in [2.75, 3.05) is 86.7 Å². The molecule has 0 bridgehead atoms. The Labute approximate surface area is 200 Å². The first-order valence-corrected chi connectivity index (χ1v) is 12.7. The highest BCUT2D eigenvalue weighted by Gasteiger charge is 2.20. The number of hydrogen-bond acceptors (Lipinski definition) is 11. The molecular weight excluding hydrogens is 418 g/mol. The predicted octanol–water partition coefficient (Wildman–Crippen LogP) is -0.165. The van der Waals surface area contributed by atoms with E-state index in [9.17, 15) is 0 Å². The second-order valence-electron chi connectivity index (χ2n) is 8.26. The molecule has 0 unspecified atom stereocenters. The van der Waals surface area contributed by atoms with Crippen LogP contribution in [0.15, 0.2) is 0 Å². The van der Waals surface area contributed by atoms with Crippen LogP contribution in [0.3, 0.4) is 0 Å². The Kier molecular flexibility index (Phi) is 16.5. The van der Waals surface area contributed by atoms with Crippen LogP contribution in [-0.2, 0) is 0 Å². The monoisotopic (exact) mass is 467 g/mol. The van der Waals surface area contributed by atoms with Gasteiger partial charge in [0.05, 0.1) is 0 Å². The molecule has 1 aromatic rings. The van der Waals surface area contributed by atoms with E-state index in [0.717, 1.165) is 84.2 Å². The van der Waals surface area contributed by atoms with Crippen molar-refractivity contribution < 1.29 is 0 Å². The van der Waals surface area contributed by atoms with E-state index in [-0.39, 0.29) is 0 Å². The molecule has 0 aliphatic heterocycles. The second kappa shape index (κ2) is 18.6. The average Bonchev–Trinajstić information content (AvgIpc) is 2.84. The normalized spacial score (nSPS) is 11.1. The van der Waals surface area contributed by atoms with Gasteiger partial charge >= 0.3 is 0 Å². The molecule has 0 radical (unpaired) electrons. The highest BCUT2D eigenvalue weighted by molar-refractivity contribution is 5.46. The fraction of sp³-hybridized carbons (Fsp3) is 0.864. The Morgan fingerprint density at radius 1 is 0.455 bits per heavy atom. The molecule has 10 N–H and O–H groups in total. The molecule has 0 atom stereocenters. The van der Waals surface area contributed by atoms with Crippen molar-refractivity contribution in [3.8, 4) is 0 Å². The Morgan fingerprint density at radius 3 is 0.909 bits per heavy atom. The van der Waals surface area contributed by atoms with Crippen LogP contribution in [-0.4, -0.2) is 86.9 Å². The van der Waals surface area contributed by atoms with Crippen LogP contribution in [0.25, 0.3) is 0 Å². The van der Waals surface area contributed by atoms with Crippen LogP contribution in [0.4, 0.5) is 17.8 Å². The number of rotatable bonds is 21. The number of hydrogen-bond donors (Lipinski definition) is 5. The molecule has 192 valence electrons. The molecule has 11 heteroatoms. The van der Waals surface area contributed by atoms with Crippen molar-refractivity contribution >= 4 is 17.8 Å². The summed E-state index contributed by atoms with van der Waals surface area (Å²) in [5.41, 5.74) is 29.0. The summed E-state index contributed by atoms with van der Waals surface area (Å²) in [6.07, 6.45) is 6.48. The van der Waals surface area contributed by atoms with Crippen molar-refractivity contribution in [2.24, 2.45) is 28.7 Å². The van der Waals surface area contributed by atoms with Crippen LogP contribution in [0.1, 0.15) is 51.9 Å². The van der Waals surface area contributed by atoms with Gasteiger partial charge in [-0.15, -0.1) is 0 Å². The van der Waals surface area contributed by atoms with E-state index < -0.39 is 0 Å². The van der Waals surface area contributed by atoms with E-state index in [1.807, 2.05) is 0 Å². The van der Waals surface area contributed by atoms with Gasteiger partial charge in [-0.1, -0.05) is 13.3 Å². The number of anilines is 3. The molecule has 0 spiro atoms. The largest absolute Gasteiger partial charge is 0.341 e. The van der Waals surface area contributed by atoms with Crippen molar-refractivity contribution in [2.45, 2.75) is 51.9 Å². The lowest BCUT2D eigenvalue weighted by Gasteiger charge is -2.29. The van der Waals surface area contributed by atoms with E-state index in [4.69, 9.17) is 43.6 Å². The van der Waals surface area contributed by atoms with Gasteiger partial charge in [0, 0.05) is 39.3 Å². The standard InChI is InChI=1S/C22H49N11/c1-2-3-14-31(15-4-9-23)20-28-21(32(16-5-10-24)17-6-11-25)30-22(29-20)33(18-7-12-26)19-8-13-27/h2-19,23-27H2,1H3. The fourth-order valence-corrected chi connectivity index (χ4v) is 3.46. The number of aromatic nitrogens is 3. The summed E-state index contributed by atoms with van der Waals surface area (Å²) in [4.78, 5) is 21.3. The van der Waals surface area contributed by atoms with Gasteiger partial charge in [0.1, 0.15) is 0 Å². The van der Waals surface area contributed by atoms with E-state index in [0.29, 0.717) is 50.6 Å². The minimum Gasteiger partial charge on any atom is -0.341 e. The summed E-state index contributed by atoms with van der Waals surface area (Å²) < 4.78 is 0. The average molecular weight is 468 g/mol. The Hall–Kier alpha value is -1.79. The molecule has 1 rings (SSSR count). The summed E-state index contributed by atoms with van der Waals surface area (Å²) >= 11 is 0. The molecule has 0 fully saturated rings. The molecule has 0 saturated heterocycles. The lowest BCUT2D eigenvalue weighted by molar-refractivity contribution is 0.645. The molecule has 0 aliphatic carbocycles. The van der Waals surface area contributed by atoms with Crippen LogP contribution in [0.5, 0.6) is 0 Å². The minimum absolute atomic E-state index is 0.613. The van der Waals surface area contributed by atoms with Crippen molar-refractivity contribution in [1.82, 2.24) is 15.0 Å². The third kappa shape index (κ3) is 11.3. The Bertz CT molecular complexity index is 484. The molecule has 0 saturated carbocycles. The minimum atomic E-state index is 0.613. The SMILES string of the molecule is CCCCN(CCCN)c1nc(N(CCCN)CCCN)nc(N(CCCN)CCCN)n1. The maximum absolute atomic E-state index is 5.82. The predicted molar refractivity (Wildman–Crippen MR) is 140 cm³/mol. The summed E-state index contributed by atoms with van der Waals surface area (Å²) in [6, 6.07) is 0. The van der Waals surface area contributed by atoms with Gasteiger partial charge in [-0.3, -0.25) is 0 Å². The van der Waals surface area contributed by atoms with E-state index in [1.54, 1.807) is 0 Å². The van der Waals surface area contributed by atoms with Crippen LogP contribution in [0.2, 0.25) is 0 Å². The zero-order valence-electron chi connectivity index (χ0n) is 20.8. The van der Waals surface area contributed by atoms with Gasteiger partial charge in [-0.25, -0.2) is 0 Å². The first-order valence-electron chi connectivity index (χ1n) is 12.7. The smallest absolute Gasteiger partial charge is 0.231 e. The van der Waals surface area contributed by atoms with E-state index in [1.165, 1.54) is 0 Å². The third-order valence-electron chi connectivity index (χ3n) is 5.39. The molecule has 1 heterocycles. The molecule has 1 aromatic heterocycles. The number of unbranched alkanes of at least 4 members (excludes halogenated alkanes) is 1. The number of nitrogens with zero attached hydrogens (tertiary/aromatic N) is 6. The summed E-state index contributed by atoms with van der Waals surface area (Å²) in [5.74, 6) is 2.06. The van der Waals surface area contributed by atoms with Gasteiger partial charge in [-0.2, -0.15) is 15.0 Å². The lowest BCUT2D eigenvalue weighted by atomic mass is 10.3. The van der Waals surface area contributed by atoms with Crippen LogP contribution < -0.4 is 43.4 Å². The third-order valence-corrected chi connectivity index (χ3v) is 5.39. The quantitative estimate of drug-likeness (QED) is 0.162. The topological polar surface area (TPSA) is 178 Å². The highest BCUT2D eigenvalue weighted by atomic mass is 15.4. The molecule has 0 aromatic carbocycles. The van der Waals surface area contributed by atoms with Crippen LogP contribution >= 0.6 is 0 Å².